The Bertz CT molecular complexity index is 1390. The number of pyridine rings is 2. The molecule has 1 aromatic carbocycles. The number of halogens is 3. The number of morpholine rings is 1. The Kier molecular flexibility index (Phi) is 8.23. The first-order valence-corrected chi connectivity index (χ1v) is 11.7. The van der Waals surface area contributed by atoms with E-state index < -0.39 is 17.8 Å². The van der Waals surface area contributed by atoms with Gasteiger partial charge >= 0.3 is 6.18 Å². The smallest absolute Gasteiger partial charge is 0.378 e. The number of aryl methyl sites for hydroxylation is 1. The van der Waals surface area contributed by atoms with Crippen molar-refractivity contribution in [1.29, 1.82) is 0 Å². The first kappa shape index (κ1) is 26.6. The highest BCUT2D eigenvalue weighted by atomic mass is 19.4. The van der Waals surface area contributed by atoms with Gasteiger partial charge in [0.2, 0.25) is 6.41 Å². The third kappa shape index (κ3) is 6.46. The Morgan fingerprint density at radius 2 is 1.95 bits per heavy atom. The van der Waals surface area contributed by atoms with E-state index >= 15 is 0 Å². The maximum absolute atomic E-state index is 13.0. The average Bonchev–Trinajstić information content (AvgIpc) is 2.92. The number of carbonyl (C=O) groups is 2. The Labute approximate surface area is 217 Å². The minimum absolute atomic E-state index is 0.155. The summed E-state index contributed by atoms with van der Waals surface area (Å²) >= 11 is 0. The van der Waals surface area contributed by atoms with E-state index in [0.29, 0.717) is 50.2 Å². The minimum atomic E-state index is -4.65. The number of benzene rings is 1. The van der Waals surface area contributed by atoms with E-state index in [9.17, 15) is 22.8 Å². The lowest BCUT2D eigenvalue weighted by molar-refractivity contribution is -0.141. The summed E-state index contributed by atoms with van der Waals surface area (Å²) in [6.07, 6.45) is -1.45. The molecular weight excluding hydrogens is 499 g/mol. The Balaban J connectivity index is 1.64. The highest BCUT2D eigenvalue weighted by Gasteiger charge is 2.33. The van der Waals surface area contributed by atoms with E-state index in [1.165, 1.54) is 6.07 Å². The van der Waals surface area contributed by atoms with Gasteiger partial charge in [0.1, 0.15) is 11.4 Å². The summed E-state index contributed by atoms with van der Waals surface area (Å²) in [5, 5.41) is 5.16. The number of carbonyl (C=O) groups excluding carboxylic acids is 2. The number of nitrogens with zero attached hydrogens (tertiary/aromatic N) is 3. The molecule has 11 heteroatoms. The van der Waals surface area contributed by atoms with Gasteiger partial charge in [-0.25, -0.2) is 4.98 Å². The van der Waals surface area contributed by atoms with E-state index in [1.807, 2.05) is 19.1 Å². The summed E-state index contributed by atoms with van der Waals surface area (Å²) in [6.45, 7) is 4.55. The second-order valence-electron chi connectivity index (χ2n) is 8.40. The van der Waals surface area contributed by atoms with Crippen molar-refractivity contribution >= 4 is 23.7 Å². The van der Waals surface area contributed by atoms with Crippen LogP contribution in [0, 0.1) is 18.8 Å². The van der Waals surface area contributed by atoms with Crippen molar-refractivity contribution < 1.29 is 27.5 Å². The summed E-state index contributed by atoms with van der Waals surface area (Å²) in [5.41, 5.74) is 2.97. The number of nitrogens with one attached hydrogen (secondary N) is 2. The van der Waals surface area contributed by atoms with E-state index in [4.69, 9.17) is 4.74 Å². The van der Waals surface area contributed by atoms with Crippen molar-refractivity contribution in [2.75, 3.05) is 43.1 Å². The Morgan fingerprint density at radius 1 is 1.16 bits per heavy atom. The normalized spacial score (nSPS) is 13.3. The average molecular weight is 524 g/mol. The molecule has 0 spiro atoms. The van der Waals surface area contributed by atoms with Crippen LogP contribution in [0.15, 0.2) is 48.8 Å². The molecule has 0 saturated carbocycles. The lowest BCUT2D eigenvalue weighted by Crippen LogP contribution is -2.36. The van der Waals surface area contributed by atoms with Gasteiger partial charge in [0, 0.05) is 42.3 Å². The molecule has 8 nitrogen and oxygen atoms in total. The number of ether oxygens (including phenoxy) is 1. The zero-order chi connectivity index (χ0) is 27.1. The third-order valence-electron chi connectivity index (χ3n) is 5.82. The van der Waals surface area contributed by atoms with Crippen molar-refractivity contribution in [3.63, 3.8) is 0 Å². The fourth-order valence-corrected chi connectivity index (χ4v) is 3.90. The molecule has 38 heavy (non-hydrogen) atoms. The van der Waals surface area contributed by atoms with Crippen LogP contribution in [-0.4, -0.2) is 55.1 Å². The lowest BCUT2D eigenvalue weighted by Gasteiger charge is -2.29. The van der Waals surface area contributed by atoms with Crippen molar-refractivity contribution in [1.82, 2.24) is 15.3 Å². The molecule has 1 saturated heterocycles. The summed E-state index contributed by atoms with van der Waals surface area (Å²) in [4.78, 5) is 33.2. The van der Waals surface area contributed by atoms with E-state index in [2.05, 4.69) is 37.3 Å². The maximum atomic E-state index is 13.0. The fraction of sp³-hybridized carbons (Fsp3) is 0.259. The van der Waals surface area contributed by atoms with Crippen molar-refractivity contribution in [2.24, 2.45) is 0 Å². The van der Waals surface area contributed by atoms with Crippen LogP contribution in [0.2, 0.25) is 0 Å². The highest BCUT2D eigenvalue weighted by molar-refractivity contribution is 6.04. The maximum Gasteiger partial charge on any atom is 0.433 e. The molecule has 3 heterocycles. The molecule has 2 aromatic heterocycles. The van der Waals surface area contributed by atoms with Crippen LogP contribution in [0.25, 0.3) is 11.1 Å². The van der Waals surface area contributed by atoms with Gasteiger partial charge in [-0.05, 0) is 54.3 Å². The molecule has 2 amide bonds. The second kappa shape index (κ2) is 11.7. The molecule has 3 aromatic rings. The molecule has 0 bridgehead atoms. The number of hydrogen-bond donors (Lipinski definition) is 2. The third-order valence-corrected chi connectivity index (χ3v) is 5.82. The predicted molar refractivity (Wildman–Crippen MR) is 136 cm³/mol. The van der Waals surface area contributed by atoms with Crippen LogP contribution < -0.4 is 15.5 Å². The van der Waals surface area contributed by atoms with Crippen molar-refractivity contribution in [3.05, 3.63) is 71.3 Å². The van der Waals surface area contributed by atoms with Gasteiger partial charge in [-0.15, -0.1) is 0 Å². The number of anilines is 2. The first-order chi connectivity index (χ1) is 18.3. The van der Waals surface area contributed by atoms with Gasteiger partial charge in [-0.2, -0.15) is 13.2 Å². The Morgan fingerprint density at radius 3 is 2.68 bits per heavy atom. The molecule has 4 rings (SSSR count). The van der Waals surface area contributed by atoms with Gasteiger partial charge in [0.05, 0.1) is 25.4 Å². The van der Waals surface area contributed by atoms with Crippen LogP contribution >= 0.6 is 0 Å². The monoisotopic (exact) mass is 523 g/mol. The SMILES string of the molecule is Cc1ccc(NC(=O)c2ccnc(C(F)(F)F)c2)cc1-c1cnc(C#CCNC=O)c(N2CCOCC2)c1. The van der Waals surface area contributed by atoms with Gasteiger partial charge in [-0.3, -0.25) is 14.6 Å². The molecule has 1 fully saturated rings. The number of hydrogen-bond acceptors (Lipinski definition) is 6. The topological polar surface area (TPSA) is 96.4 Å². The van der Waals surface area contributed by atoms with E-state index in [0.717, 1.165) is 28.6 Å². The predicted octanol–water partition coefficient (Wildman–Crippen LogP) is 3.66. The zero-order valence-corrected chi connectivity index (χ0v) is 20.4. The summed E-state index contributed by atoms with van der Waals surface area (Å²) < 4.78 is 44.5. The first-order valence-electron chi connectivity index (χ1n) is 11.7. The van der Waals surface area contributed by atoms with Crippen LogP contribution in [0.1, 0.15) is 27.3 Å². The molecule has 1 aliphatic heterocycles. The summed E-state index contributed by atoms with van der Waals surface area (Å²) in [7, 11) is 0. The zero-order valence-electron chi connectivity index (χ0n) is 20.4. The molecule has 0 radical (unpaired) electrons. The van der Waals surface area contributed by atoms with Crippen LogP contribution in [-0.2, 0) is 15.7 Å². The van der Waals surface area contributed by atoms with Gasteiger partial charge < -0.3 is 20.3 Å². The molecule has 0 aliphatic carbocycles. The van der Waals surface area contributed by atoms with Crippen LogP contribution in [0.3, 0.4) is 0 Å². The standard InChI is InChI=1S/C27H24F3N5O3/c1-18-4-5-21(34-26(37)19-6-8-32-25(14-19)27(28,29)30)15-22(18)20-13-24(35-9-11-38-12-10-35)23(33-16-20)3-2-7-31-17-36/h4-6,8,13-17H,7,9-12H2,1H3,(H,31,36)(H,34,37). The second-order valence-corrected chi connectivity index (χ2v) is 8.40. The summed E-state index contributed by atoms with van der Waals surface area (Å²) in [5.74, 6) is 5.19. The minimum Gasteiger partial charge on any atom is -0.378 e. The lowest BCUT2D eigenvalue weighted by atomic mass is 10.00. The molecule has 1 aliphatic rings. The number of amides is 2. The molecule has 0 atom stereocenters. The summed E-state index contributed by atoms with van der Waals surface area (Å²) in [6, 6.07) is 9.14. The number of alkyl halides is 3. The van der Waals surface area contributed by atoms with Crippen LogP contribution in [0.5, 0.6) is 0 Å². The molecular formula is C27H24F3N5O3. The van der Waals surface area contributed by atoms with E-state index in [1.54, 1.807) is 18.3 Å². The highest BCUT2D eigenvalue weighted by Crippen LogP contribution is 2.32. The fourth-order valence-electron chi connectivity index (χ4n) is 3.90. The number of aromatic nitrogens is 2. The van der Waals surface area contributed by atoms with Gasteiger partial charge in [0.25, 0.3) is 5.91 Å². The quantitative estimate of drug-likeness (QED) is 0.291. The van der Waals surface area contributed by atoms with Gasteiger partial charge in [0.15, 0.2) is 0 Å². The van der Waals surface area contributed by atoms with Crippen LogP contribution in [0.4, 0.5) is 24.5 Å². The van der Waals surface area contributed by atoms with E-state index in [-0.39, 0.29) is 12.1 Å². The molecule has 196 valence electrons. The van der Waals surface area contributed by atoms with Crippen molar-refractivity contribution in [3.8, 4) is 23.0 Å². The van der Waals surface area contributed by atoms with Gasteiger partial charge in [-0.1, -0.05) is 12.0 Å². The largest absolute Gasteiger partial charge is 0.433 e. The number of rotatable bonds is 6. The Hall–Kier alpha value is -4.43. The molecule has 2 N–H and O–H groups in total. The molecule has 0 unspecified atom stereocenters. The van der Waals surface area contributed by atoms with Crippen molar-refractivity contribution in [2.45, 2.75) is 13.1 Å².